The van der Waals surface area contributed by atoms with Crippen LogP contribution in [-0.2, 0) is 0 Å². The quantitative estimate of drug-likeness (QED) is 0.709. The summed E-state index contributed by atoms with van der Waals surface area (Å²) in [5.41, 5.74) is 3.02. The van der Waals surface area contributed by atoms with Crippen molar-refractivity contribution in [2.24, 2.45) is 0 Å². The van der Waals surface area contributed by atoms with Crippen molar-refractivity contribution in [2.45, 2.75) is 6.92 Å². The van der Waals surface area contributed by atoms with Gasteiger partial charge in [-0.25, -0.2) is 4.39 Å². The summed E-state index contributed by atoms with van der Waals surface area (Å²) in [6.45, 7) is 1.93. The molecular formula is C20H18FN3O2. The first-order valence-corrected chi connectivity index (χ1v) is 8.00. The van der Waals surface area contributed by atoms with Crippen LogP contribution in [0.2, 0.25) is 0 Å². The van der Waals surface area contributed by atoms with Crippen LogP contribution in [0.4, 0.5) is 21.5 Å². The first kappa shape index (κ1) is 17.4. The van der Waals surface area contributed by atoms with Crippen LogP contribution in [-0.4, -0.2) is 18.0 Å². The number of nitrogens with zero attached hydrogens (tertiary/aromatic N) is 1. The molecule has 0 unspecified atom stereocenters. The summed E-state index contributed by atoms with van der Waals surface area (Å²) in [4.78, 5) is 16.6. The van der Waals surface area contributed by atoms with E-state index in [9.17, 15) is 9.18 Å². The van der Waals surface area contributed by atoms with Crippen LogP contribution >= 0.6 is 0 Å². The van der Waals surface area contributed by atoms with Gasteiger partial charge in [-0.15, -0.1) is 0 Å². The van der Waals surface area contributed by atoms with Gasteiger partial charge in [0, 0.05) is 17.6 Å². The van der Waals surface area contributed by atoms with Crippen molar-refractivity contribution in [3.05, 3.63) is 77.9 Å². The minimum Gasteiger partial charge on any atom is -0.495 e. The molecule has 0 saturated carbocycles. The summed E-state index contributed by atoms with van der Waals surface area (Å²) in [5.74, 6) is -0.136. The lowest BCUT2D eigenvalue weighted by Gasteiger charge is -2.11. The standard InChI is InChI=1S/C20H18FN3O2/c1-13-6-7-19(26-2)17(10-13)24-20(25)18-12-16(8-9-22-18)23-15-5-3-4-14(21)11-15/h3-12H,1-2H3,(H,22,23)(H,24,25). The predicted molar refractivity (Wildman–Crippen MR) is 99.6 cm³/mol. The lowest BCUT2D eigenvalue weighted by Crippen LogP contribution is -2.14. The van der Waals surface area contributed by atoms with Crippen molar-refractivity contribution in [3.63, 3.8) is 0 Å². The summed E-state index contributed by atoms with van der Waals surface area (Å²) >= 11 is 0. The Morgan fingerprint density at radius 3 is 2.65 bits per heavy atom. The largest absolute Gasteiger partial charge is 0.495 e. The van der Waals surface area contributed by atoms with E-state index in [1.807, 2.05) is 19.1 Å². The van der Waals surface area contributed by atoms with Crippen LogP contribution in [0, 0.1) is 12.7 Å². The summed E-state index contributed by atoms with van der Waals surface area (Å²) < 4.78 is 18.6. The highest BCUT2D eigenvalue weighted by Gasteiger charge is 2.12. The van der Waals surface area contributed by atoms with Gasteiger partial charge in [-0.2, -0.15) is 0 Å². The molecule has 0 atom stereocenters. The number of methoxy groups -OCH3 is 1. The van der Waals surface area contributed by atoms with Gasteiger partial charge in [0.1, 0.15) is 17.3 Å². The minimum atomic E-state index is -0.364. The molecule has 2 aromatic carbocycles. The van der Waals surface area contributed by atoms with E-state index in [1.54, 1.807) is 37.4 Å². The topological polar surface area (TPSA) is 63.2 Å². The Morgan fingerprint density at radius 1 is 1.08 bits per heavy atom. The Bertz CT molecular complexity index is 944. The highest BCUT2D eigenvalue weighted by Crippen LogP contribution is 2.26. The maximum Gasteiger partial charge on any atom is 0.274 e. The molecule has 0 aliphatic carbocycles. The Hall–Kier alpha value is -3.41. The molecule has 0 fully saturated rings. The van der Waals surface area contributed by atoms with Gasteiger partial charge in [-0.3, -0.25) is 9.78 Å². The molecule has 0 saturated heterocycles. The van der Waals surface area contributed by atoms with Crippen molar-refractivity contribution in [1.29, 1.82) is 0 Å². The number of anilines is 3. The van der Waals surface area contributed by atoms with E-state index in [1.165, 1.54) is 18.3 Å². The van der Waals surface area contributed by atoms with Gasteiger partial charge in [0.25, 0.3) is 5.91 Å². The van der Waals surface area contributed by atoms with Crippen molar-refractivity contribution in [3.8, 4) is 5.75 Å². The SMILES string of the molecule is COc1ccc(C)cc1NC(=O)c1cc(Nc2cccc(F)c2)ccn1. The predicted octanol–water partition coefficient (Wildman–Crippen LogP) is 4.53. The van der Waals surface area contributed by atoms with Gasteiger partial charge in [-0.1, -0.05) is 12.1 Å². The van der Waals surface area contributed by atoms with Crippen LogP contribution in [0.1, 0.15) is 16.1 Å². The van der Waals surface area contributed by atoms with Gasteiger partial charge >= 0.3 is 0 Å². The van der Waals surface area contributed by atoms with E-state index in [4.69, 9.17) is 4.74 Å². The molecule has 6 heteroatoms. The van der Waals surface area contributed by atoms with Crippen molar-refractivity contribution in [1.82, 2.24) is 4.98 Å². The first-order chi connectivity index (χ1) is 12.5. The number of carbonyl (C=O) groups excluding carboxylic acids is 1. The Labute approximate surface area is 150 Å². The van der Waals surface area contributed by atoms with Gasteiger partial charge in [0.2, 0.25) is 0 Å². The van der Waals surface area contributed by atoms with Crippen molar-refractivity contribution < 1.29 is 13.9 Å². The van der Waals surface area contributed by atoms with E-state index in [-0.39, 0.29) is 17.4 Å². The van der Waals surface area contributed by atoms with E-state index in [0.29, 0.717) is 22.8 Å². The highest BCUT2D eigenvalue weighted by atomic mass is 19.1. The zero-order valence-electron chi connectivity index (χ0n) is 14.4. The number of carbonyl (C=O) groups is 1. The third-order valence-corrected chi connectivity index (χ3v) is 3.71. The molecule has 1 amide bonds. The number of hydrogen-bond acceptors (Lipinski definition) is 4. The molecular weight excluding hydrogens is 333 g/mol. The normalized spacial score (nSPS) is 10.3. The maximum atomic E-state index is 13.3. The molecule has 2 N–H and O–H groups in total. The van der Waals surface area contributed by atoms with E-state index < -0.39 is 0 Å². The number of aromatic nitrogens is 1. The number of pyridine rings is 1. The van der Waals surface area contributed by atoms with E-state index in [0.717, 1.165) is 5.56 Å². The average Bonchev–Trinajstić information content (AvgIpc) is 2.62. The zero-order chi connectivity index (χ0) is 18.5. The molecule has 0 bridgehead atoms. The summed E-state index contributed by atoms with van der Waals surface area (Å²) in [6.07, 6.45) is 1.52. The second kappa shape index (κ2) is 7.65. The zero-order valence-corrected chi connectivity index (χ0v) is 14.4. The summed E-state index contributed by atoms with van der Waals surface area (Å²) in [6, 6.07) is 14.9. The summed E-state index contributed by atoms with van der Waals surface area (Å²) in [7, 11) is 1.54. The average molecular weight is 351 g/mol. The minimum absolute atomic E-state index is 0.231. The molecule has 3 aromatic rings. The molecule has 0 aliphatic heterocycles. The lowest BCUT2D eigenvalue weighted by atomic mass is 10.2. The third kappa shape index (κ3) is 4.16. The molecule has 0 radical (unpaired) electrons. The first-order valence-electron chi connectivity index (χ1n) is 8.00. The lowest BCUT2D eigenvalue weighted by molar-refractivity contribution is 0.102. The number of ether oxygens (including phenoxy) is 1. The Morgan fingerprint density at radius 2 is 1.88 bits per heavy atom. The smallest absolute Gasteiger partial charge is 0.274 e. The second-order valence-electron chi connectivity index (χ2n) is 5.72. The Kier molecular flexibility index (Phi) is 5.12. The molecule has 132 valence electrons. The number of hydrogen-bond donors (Lipinski definition) is 2. The van der Waals surface area contributed by atoms with Crippen molar-refractivity contribution >= 4 is 23.0 Å². The molecule has 1 heterocycles. The van der Waals surface area contributed by atoms with Gasteiger partial charge in [0.15, 0.2) is 0 Å². The molecule has 3 rings (SSSR count). The molecule has 5 nitrogen and oxygen atoms in total. The monoisotopic (exact) mass is 351 g/mol. The Balaban J connectivity index is 1.79. The van der Waals surface area contributed by atoms with Gasteiger partial charge in [-0.05, 0) is 55.0 Å². The van der Waals surface area contributed by atoms with Crippen molar-refractivity contribution in [2.75, 3.05) is 17.7 Å². The second-order valence-corrected chi connectivity index (χ2v) is 5.72. The fraction of sp³-hybridized carbons (Fsp3) is 0.100. The molecule has 1 aromatic heterocycles. The maximum absolute atomic E-state index is 13.3. The third-order valence-electron chi connectivity index (χ3n) is 3.71. The number of aryl methyl sites for hydroxylation is 1. The van der Waals surface area contributed by atoms with Crippen LogP contribution in [0.5, 0.6) is 5.75 Å². The summed E-state index contributed by atoms with van der Waals surface area (Å²) in [5, 5.41) is 5.86. The fourth-order valence-corrected chi connectivity index (χ4v) is 2.47. The van der Waals surface area contributed by atoms with Crippen LogP contribution < -0.4 is 15.4 Å². The van der Waals surface area contributed by atoms with Gasteiger partial charge < -0.3 is 15.4 Å². The van der Waals surface area contributed by atoms with E-state index >= 15 is 0 Å². The molecule has 0 spiro atoms. The van der Waals surface area contributed by atoms with Crippen LogP contribution in [0.15, 0.2) is 60.8 Å². The molecule has 0 aliphatic rings. The highest BCUT2D eigenvalue weighted by molar-refractivity contribution is 6.04. The number of halogens is 1. The number of benzene rings is 2. The fourth-order valence-electron chi connectivity index (χ4n) is 2.47. The van der Waals surface area contributed by atoms with E-state index in [2.05, 4.69) is 15.6 Å². The van der Waals surface area contributed by atoms with Crippen LogP contribution in [0.3, 0.4) is 0 Å². The van der Waals surface area contributed by atoms with Gasteiger partial charge in [0.05, 0.1) is 12.8 Å². The number of amides is 1. The van der Waals surface area contributed by atoms with Crippen LogP contribution in [0.25, 0.3) is 0 Å². The number of nitrogens with one attached hydrogen (secondary N) is 2. The molecule has 26 heavy (non-hydrogen) atoms. The number of rotatable bonds is 5.